The fourth-order valence-electron chi connectivity index (χ4n) is 4.80. The molecule has 0 aromatic rings. The van der Waals surface area contributed by atoms with E-state index in [9.17, 15) is 9.59 Å². The van der Waals surface area contributed by atoms with E-state index in [1.807, 2.05) is 20.8 Å². The minimum Gasteiger partial charge on any atom is -0.444 e. The Balaban J connectivity index is 1.63. The molecule has 3 saturated heterocycles. The molecule has 148 valence electrons. The van der Waals surface area contributed by atoms with Crippen LogP contribution < -0.4 is 0 Å². The summed E-state index contributed by atoms with van der Waals surface area (Å²) in [6, 6.07) is 0.253. The van der Waals surface area contributed by atoms with Crippen molar-refractivity contribution < 1.29 is 14.3 Å². The number of nitrogens with zero attached hydrogens (tertiary/aromatic N) is 3. The van der Waals surface area contributed by atoms with Crippen molar-refractivity contribution in [2.24, 2.45) is 5.41 Å². The van der Waals surface area contributed by atoms with Crippen molar-refractivity contribution in [1.82, 2.24) is 14.7 Å². The molecule has 3 heterocycles. The summed E-state index contributed by atoms with van der Waals surface area (Å²) in [6.45, 7) is 13.1. The van der Waals surface area contributed by atoms with E-state index in [2.05, 4.69) is 16.7 Å². The van der Waals surface area contributed by atoms with Crippen LogP contribution in [0.1, 0.15) is 59.8 Å². The lowest BCUT2D eigenvalue weighted by molar-refractivity contribution is -0.139. The summed E-state index contributed by atoms with van der Waals surface area (Å²) in [6.07, 6.45) is 4.88. The van der Waals surface area contributed by atoms with Gasteiger partial charge in [0.15, 0.2) is 0 Å². The summed E-state index contributed by atoms with van der Waals surface area (Å²) in [5.74, 6) is 0.248. The highest BCUT2D eigenvalue weighted by molar-refractivity contribution is 5.86. The normalized spacial score (nSPS) is 30.5. The number of likely N-dealkylation sites (tertiary alicyclic amines) is 3. The number of rotatable bonds is 3. The number of ether oxygens (including phenoxy) is 1. The van der Waals surface area contributed by atoms with Crippen LogP contribution in [0.25, 0.3) is 0 Å². The van der Waals surface area contributed by atoms with Crippen molar-refractivity contribution in [1.29, 1.82) is 0 Å². The van der Waals surface area contributed by atoms with Gasteiger partial charge in [0.1, 0.15) is 5.60 Å². The Morgan fingerprint density at radius 1 is 1.15 bits per heavy atom. The number of piperidine rings is 1. The third-order valence-corrected chi connectivity index (χ3v) is 6.02. The predicted molar refractivity (Wildman–Crippen MR) is 101 cm³/mol. The predicted octanol–water partition coefficient (Wildman–Crippen LogP) is 2.72. The topological polar surface area (TPSA) is 53.1 Å². The summed E-state index contributed by atoms with van der Waals surface area (Å²) in [5, 5.41) is 0. The van der Waals surface area contributed by atoms with Crippen LogP contribution in [0.15, 0.2) is 0 Å². The maximum atomic E-state index is 13.3. The van der Waals surface area contributed by atoms with Crippen molar-refractivity contribution in [3.63, 3.8) is 0 Å². The Bertz CT molecular complexity index is 539. The smallest absolute Gasteiger partial charge is 0.410 e. The van der Waals surface area contributed by atoms with Gasteiger partial charge in [0, 0.05) is 32.2 Å². The van der Waals surface area contributed by atoms with Gasteiger partial charge in [-0.1, -0.05) is 0 Å². The maximum Gasteiger partial charge on any atom is 0.410 e. The molecular formula is C20H35N3O3. The van der Waals surface area contributed by atoms with E-state index >= 15 is 0 Å². The summed E-state index contributed by atoms with van der Waals surface area (Å²) >= 11 is 0. The number of carbonyl (C=O) groups excluding carboxylic acids is 2. The molecule has 2 unspecified atom stereocenters. The zero-order chi connectivity index (χ0) is 18.9. The van der Waals surface area contributed by atoms with E-state index in [4.69, 9.17) is 4.74 Å². The van der Waals surface area contributed by atoms with E-state index in [-0.39, 0.29) is 18.0 Å². The highest BCUT2D eigenvalue weighted by Crippen LogP contribution is 2.43. The Morgan fingerprint density at radius 2 is 1.85 bits per heavy atom. The third kappa shape index (κ3) is 4.16. The van der Waals surface area contributed by atoms with Gasteiger partial charge in [0.25, 0.3) is 0 Å². The molecule has 0 saturated carbocycles. The van der Waals surface area contributed by atoms with Crippen molar-refractivity contribution >= 4 is 12.0 Å². The van der Waals surface area contributed by atoms with Crippen LogP contribution in [0, 0.1) is 5.41 Å². The fourth-order valence-corrected chi connectivity index (χ4v) is 4.80. The van der Waals surface area contributed by atoms with Gasteiger partial charge in [-0.15, -0.1) is 0 Å². The van der Waals surface area contributed by atoms with Gasteiger partial charge in [0.2, 0.25) is 5.91 Å². The quantitative estimate of drug-likeness (QED) is 0.772. The molecule has 0 bridgehead atoms. The van der Waals surface area contributed by atoms with Crippen LogP contribution in [0.4, 0.5) is 4.79 Å². The number of carbonyl (C=O) groups is 2. The van der Waals surface area contributed by atoms with Crippen molar-refractivity contribution in [2.45, 2.75) is 71.4 Å². The Morgan fingerprint density at radius 3 is 2.50 bits per heavy atom. The summed E-state index contributed by atoms with van der Waals surface area (Å²) < 4.78 is 5.54. The molecule has 0 radical (unpaired) electrons. The first-order valence-corrected chi connectivity index (χ1v) is 10.2. The zero-order valence-corrected chi connectivity index (χ0v) is 16.9. The Hall–Kier alpha value is -1.30. The monoisotopic (exact) mass is 365 g/mol. The van der Waals surface area contributed by atoms with Gasteiger partial charge in [-0.25, -0.2) is 4.79 Å². The molecule has 0 aromatic heterocycles. The zero-order valence-electron chi connectivity index (χ0n) is 16.9. The Labute approximate surface area is 157 Å². The van der Waals surface area contributed by atoms with Crippen LogP contribution in [-0.2, 0) is 9.53 Å². The van der Waals surface area contributed by atoms with Crippen molar-refractivity contribution in [3.8, 4) is 0 Å². The van der Waals surface area contributed by atoms with E-state index < -0.39 is 11.0 Å². The first-order valence-electron chi connectivity index (χ1n) is 10.2. The number of hydrogen-bond donors (Lipinski definition) is 0. The summed E-state index contributed by atoms with van der Waals surface area (Å²) in [5.41, 5.74) is -0.907. The molecule has 0 aromatic carbocycles. The molecule has 3 fully saturated rings. The average Bonchev–Trinajstić information content (AvgIpc) is 3.13. The molecule has 1 spiro atoms. The van der Waals surface area contributed by atoms with Gasteiger partial charge in [-0.2, -0.15) is 0 Å². The van der Waals surface area contributed by atoms with E-state index in [0.717, 1.165) is 45.4 Å². The second-order valence-electron chi connectivity index (χ2n) is 9.39. The fraction of sp³-hybridized carbons (Fsp3) is 0.900. The molecular weight excluding hydrogens is 330 g/mol. The molecule has 2 amide bonds. The summed E-state index contributed by atoms with van der Waals surface area (Å²) in [4.78, 5) is 32.1. The molecule has 6 nitrogen and oxygen atoms in total. The van der Waals surface area contributed by atoms with Crippen LogP contribution in [-0.4, -0.2) is 77.6 Å². The lowest BCUT2D eigenvalue weighted by atomic mass is 9.77. The first-order chi connectivity index (χ1) is 12.2. The van der Waals surface area contributed by atoms with Crippen molar-refractivity contribution in [3.05, 3.63) is 0 Å². The molecule has 6 heteroatoms. The lowest BCUT2D eigenvalue weighted by Gasteiger charge is -2.39. The van der Waals surface area contributed by atoms with Gasteiger partial charge in [-0.05, 0) is 72.9 Å². The molecule has 26 heavy (non-hydrogen) atoms. The van der Waals surface area contributed by atoms with Gasteiger partial charge < -0.3 is 19.4 Å². The molecule has 3 aliphatic heterocycles. The maximum absolute atomic E-state index is 13.3. The molecule has 3 aliphatic rings. The van der Waals surface area contributed by atoms with Gasteiger partial charge in [0.05, 0.1) is 5.41 Å². The van der Waals surface area contributed by atoms with Crippen LogP contribution in [0.5, 0.6) is 0 Å². The van der Waals surface area contributed by atoms with E-state index in [0.29, 0.717) is 13.1 Å². The van der Waals surface area contributed by atoms with Gasteiger partial charge in [-0.3, -0.25) is 4.79 Å². The SMILES string of the molecule is CC1CC2(CCCN(C(=O)OC(C)(C)C)C2)C(=O)N1CCN1CCCC1. The van der Waals surface area contributed by atoms with Crippen LogP contribution >= 0.6 is 0 Å². The highest BCUT2D eigenvalue weighted by atomic mass is 16.6. The molecule has 0 N–H and O–H groups in total. The standard InChI is InChI=1S/C20H35N3O3/c1-16-14-20(17(24)23(16)13-12-21-9-5-6-10-21)8-7-11-22(15-20)18(25)26-19(2,3)4/h16H,5-15H2,1-4H3. The molecule has 0 aliphatic carbocycles. The molecule has 2 atom stereocenters. The van der Waals surface area contributed by atoms with Crippen LogP contribution in [0.3, 0.4) is 0 Å². The first kappa shape index (κ1) is 19.5. The minimum atomic E-state index is -0.504. The van der Waals surface area contributed by atoms with Crippen LogP contribution in [0.2, 0.25) is 0 Å². The molecule has 3 rings (SSSR count). The highest BCUT2D eigenvalue weighted by Gasteiger charge is 2.52. The second-order valence-corrected chi connectivity index (χ2v) is 9.39. The summed E-state index contributed by atoms with van der Waals surface area (Å²) in [7, 11) is 0. The third-order valence-electron chi connectivity index (χ3n) is 6.02. The van der Waals surface area contributed by atoms with Gasteiger partial charge >= 0.3 is 6.09 Å². The minimum absolute atomic E-state index is 0.248. The number of hydrogen-bond acceptors (Lipinski definition) is 4. The number of amides is 2. The van der Waals surface area contributed by atoms with Crippen molar-refractivity contribution in [2.75, 3.05) is 39.3 Å². The lowest BCUT2D eigenvalue weighted by Crippen LogP contribution is -2.51. The largest absolute Gasteiger partial charge is 0.444 e. The average molecular weight is 366 g/mol. The van der Waals surface area contributed by atoms with E-state index in [1.54, 1.807) is 4.90 Å². The second kappa shape index (κ2) is 7.37. The Kier molecular flexibility index (Phi) is 5.52. The van der Waals surface area contributed by atoms with E-state index in [1.165, 1.54) is 12.8 Å².